The van der Waals surface area contributed by atoms with Crippen LogP contribution in [0, 0.1) is 5.41 Å². The molecule has 14 heavy (non-hydrogen) atoms. The molecule has 1 saturated carbocycles. The quantitative estimate of drug-likeness (QED) is 0.787. The fraction of sp³-hybridized carbons (Fsp3) is 1.00. The van der Waals surface area contributed by atoms with Gasteiger partial charge in [0.2, 0.25) is 10.0 Å². The first-order valence-corrected chi connectivity index (χ1v) is 7.84. The third-order valence-electron chi connectivity index (χ3n) is 3.22. The van der Waals surface area contributed by atoms with Crippen LogP contribution in [0.1, 0.15) is 39.0 Å². The Morgan fingerprint density at radius 2 is 1.93 bits per heavy atom. The summed E-state index contributed by atoms with van der Waals surface area (Å²) in [4.78, 5) is 0. The first kappa shape index (κ1) is 12.5. The van der Waals surface area contributed by atoms with Crippen molar-refractivity contribution in [1.82, 2.24) is 4.72 Å². The van der Waals surface area contributed by atoms with Gasteiger partial charge in [-0.05, 0) is 24.7 Å². The van der Waals surface area contributed by atoms with Crippen molar-refractivity contribution in [2.24, 2.45) is 5.41 Å². The normalized spacial score (nSPS) is 21.3. The summed E-state index contributed by atoms with van der Waals surface area (Å²) in [6.07, 6.45) is 5.87. The number of rotatable bonds is 5. The zero-order valence-corrected chi connectivity index (χ0v) is 11.0. The molecular formula is C9H18BrNO2S. The molecule has 1 rings (SSSR count). The fourth-order valence-corrected chi connectivity index (χ4v) is 3.17. The van der Waals surface area contributed by atoms with Crippen LogP contribution in [-0.4, -0.2) is 19.6 Å². The Labute approximate surface area is 94.8 Å². The maximum atomic E-state index is 11.3. The number of sulfonamides is 1. The molecule has 0 spiro atoms. The van der Waals surface area contributed by atoms with E-state index in [0.717, 1.165) is 19.3 Å². The van der Waals surface area contributed by atoms with Gasteiger partial charge < -0.3 is 0 Å². The largest absolute Gasteiger partial charge is 0.221 e. The van der Waals surface area contributed by atoms with Crippen LogP contribution in [-0.2, 0) is 10.0 Å². The van der Waals surface area contributed by atoms with Crippen LogP contribution in [0.15, 0.2) is 0 Å². The molecule has 0 amide bonds. The van der Waals surface area contributed by atoms with E-state index in [9.17, 15) is 8.42 Å². The Morgan fingerprint density at radius 3 is 2.36 bits per heavy atom. The Bertz CT molecular complexity index is 271. The molecule has 0 unspecified atom stereocenters. The maximum absolute atomic E-state index is 11.3. The molecule has 1 N–H and O–H groups in total. The van der Waals surface area contributed by atoms with Gasteiger partial charge in [-0.15, -0.1) is 0 Å². The summed E-state index contributed by atoms with van der Waals surface area (Å²) in [7, 11) is -3.09. The van der Waals surface area contributed by atoms with Crippen molar-refractivity contribution in [3.63, 3.8) is 0 Å². The highest BCUT2D eigenvalue weighted by molar-refractivity contribution is 9.10. The fourth-order valence-electron chi connectivity index (χ4n) is 2.08. The van der Waals surface area contributed by atoms with Gasteiger partial charge in [0.15, 0.2) is 0 Å². The molecule has 1 aliphatic rings. The van der Waals surface area contributed by atoms with Crippen LogP contribution in [0.4, 0.5) is 0 Å². The van der Waals surface area contributed by atoms with Crippen LogP contribution >= 0.6 is 15.9 Å². The summed E-state index contributed by atoms with van der Waals surface area (Å²) < 4.78 is 25.2. The molecule has 0 bridgehead atoms. The van der Waals surface area contributed by atoms with E-state index in [4.69, 9.17) is 0 Å². The van der Waals surface area contributed by atoms with Crippen LogP contribution in [0.5, 0.6) is 0 Å². The minimum Gasteiger partial charge on any atom is -0.214 e. The standard InChI is InChI=1S/C9H18BrNO2S/c1-2-9(5-3-4-6-9)7-11-14(12,13)8-10/h11H,2-8H2,1H3. The van der Waals surface area contributed by atoms with Gasteiger partial charge in [0.1, 0.15) is 4.66 Å². The second-order valence-corrected chi connectivity index (χ2v) is 7.22. The molecule has 1 fully saturated rings. The average Bonchev–Trinajstić information content (AvgIpc) is 2.65. The summed E-state index contributed by atoms with van der Waals surface area (Å²) in [6, 6.07) is 0. The molecule has 84 valence electrons. The van der Waals surface area contributed by atoms with Crippen LogP contribution in [0.2, 0.25) is 0 Å². The predicted octanol–water partition coefficient (Wildman–Crippen LogP) is 2.23. The lowest BCUT2D eigenvalue weighted by atomic mass is 9.84. The topological polar surface area (TPSA) is 46.2 Å². The molecule has 0 aromatic carbocycles. The second-order valence-electron chi connectivity index (χ2n) is 4.11. The minimum absolute atomic E-state index is 0.000204. The summed E-state index contributed by atoms with van der Waals surface area (Å²) in [6.45, 7) is 2.76. The van der Waals surface area contributed by atoms with E-state index in [2.05, 4.69) is 27.6 Å². The maximum Gasteiger partial charge on any atom is 0.221 e. The third-order valence-corrected chi connectivity index (χ3v) is 5.90. The van der Waals surface area contributed by atoms with E-state index in [1.165, 1.54) is 12.8 Å². The Balaban J connectivity index is 2.50. The van der Waals surface area contributed by atoms with Gasteiger partial charge in [0.25, 0.3) is 0 Å². The van der Waals surface area contributed by atoms with Gasteiger partial charge in [0.05, 0.1) is 0 Å². The summed E-state index contributed by atoms with van der Waals surface area (Å²) in [5.41, 5.74) is 0.231. The van der Waals surface area contributed by atoms with Crippen LogP contribution in [0.25, 0.3) is 0 Å². The van der Waals surface area contributed by atoms with E-state index in [0.29, 0.717) is 6.54 Å². The van der Waals surface area contributed by atoms with Crippen molar-refractivity contribution in [2.45, 2.75) is 39.0 Å². The monoisotopic (exact) mass is 283 g/mol. The van der Waals surface area contributed by atoms with Gasteiger partial charge in [-0.1, -0.05) is 35.7 Å². The van der Waals surface area contributed by atoms with Gasteiger partial charge in [-0.25, -0.2) is 13.1 Å². The molecule has 1 aliphatic carbocycles. The second kappa shape index (κ2) is 4.94. The van der Waals surface area contributed by atoms with Crippen molar-refractivity contribution in [3.05, 3.63) is 0 Å². The van der Waals surface area contributed by atoms with E-state index in [1.54, 1.807) is 0 Å². The number of halogens is 1. The Hall–Kier alpha value is 0.390. The SMILES string of the molecule is CCC1(CNS(=O)(=O)CBr)CCCC1. The van der Waals surface area contributed by atoms with E-state index in [1.807, 2.05) is 0 Å². The highest BCUT2D eigenvalue weighted by Crippen LogP contribution is 2.40. The molecular weight excluding hydrogens is 266 g/mol. The number of hydrogen-bond donors (Lipinski definition) is 1. The van der Waals surface area contributed by atoms with E-state index >= 15 is 0 Å². The number of nitrogens with one attached hydrogen (secondary N) is 1. The Morgan fingerprint density at radius 1 is 1.36 bits per heavy atom. The van der Waals surface area contributed by atoms with Crippen molar-refractivity contribution < 1.29 is 8.42 Å². The van der Waals surface area contributed by atoms with Crippen LogP contribution in [0.3, 0.4) is 0 Å². The molecule has 0 atom stereocenters. The minimum atomic E-state index is -3.09. The zero-order chi connectivity index (χ0) is 10.7. The van der Waals surface area contributed by atoms with Gasteiger partial charge >= 0.3 is 0 Å². The molecule has 0 aromatic rings. The molecule has 0 aliphatic heterocycles. The highest BCUT2D eigenvalue weighted by atomic mass is 79.9. The molecule has 0 heterocycles. The zero-order valence-electron chi connectivity index (χ0n) is 8.55. The summed E-state index contributed by atoms with van der Waals surface area (Å²) in [5.74, 6) is 0. The first-order valence-electron chi connectivity index (χ1n) is 5.07. The van der Waals surface area contributed by atoms with Gasteiger partial charge in [0, 0.05) is 6.54 Å². The van der Waals surface area contributed by atoms with Crippen molar-refractivity contribution >= 4 is 26.0 Å². The lowest BCUT2D eigenvalue weighted by molar-refractivity contribution is 0.286. The first-order chi connectivity index (χ1) is 6.54. The van der Waals surface area contributed by atoms with E-state index < -0.39 is 10.0 Å². The number of hydrogen-bond acceptors (Lipinski definition) is 2. The Kier molecular flexibility index (Phi) is 4.40. The van der Waals surface area contributed by atoms with Crippen molar-refractivity contribution in [2.75, 3.05) is 11.2 Å². The van der Waals surface area contributed by atoms with Crippen LogP contribution < -0.4 is 4.72 Å². The molecule has 0 saturated heterocycles. The average molecular weight is 284 g/mol. The van der Waals surface area contributed by atoms with Crippen molar-refractivity contribution in [1.29, 1.82) is 0 Å². The molecule has 0 aromatic heterocycles. The van der Waals surface area contributed by atoms with Gasteiger partial charge in [-0.2, -0.15) is 0 Å². The highest BCUT2D eigenvalue weighted by Gasteiger charge is 2.32. The molecule has 5 heteroatoms. The molecule has 3 nitrogen and oxygen atoms in total. The van der Waals surface area contributed by atoms with Crippen molar-refractivity contribution in [3.8, 4) is 0 Å². The number of alkyl halides is 1. The predicted molar refractivity (Wildman–Crippen MR) is 61.9 cm³/mol. The summed E-state index contributed by atoms with van der Waals surface area (Å²) >= 11 is 2.97. The lowest BCUT2D eigenvalue weighted by Crippen LogP contribution is -2.35. The molecule has 0 radical (unpaired) electrons. The smallest absolute Gasteiger partial charge is 0.214 e. The third kappa shape index (κ3) is 3.21. The lowest BCUT2D eigenvalue weighted by Gasteiger charge is -2.27. The van der Waals surface area contributed by atoms with E-state index in [-0.39, 0.29) is 10.1 Å². The van der Waals surface area contributed by atoms with Gasteiger partial charge in [-0.3, -0.25) is 0 Å². The summed E-state index contributed by atoms with van der Waals surface area (Å²) in [5, 5.41) is 0.